The Balaban J connectivity index is 0.00000242. The molecule has 0 aliphatic carbocycles. The van der Waals surface area contributed by atoms with Crippen molar-refractivity contribution in [2.45, 2.75) is 19.8 Å². The van der Waals surface area contributed by atoms with E-state index in [0.29, 0.717) is 17.0 Å². The zero-order valence-electron chi connectivity index (χ0n) is 12.9. The molecule has 1 aromatic carbocycles. The van der Waals surface area contributed by atoms with Gasteiger partial charge in [0.1, 0.15) is 0 Å². The van der Waals surface area contributed by atoms with Crippen LogP contribution in [0.5, 0.6) is 0 Å². The number of piperidine rings is 1. The third kappa shape index (κ3) is 4.18. The van der Waals surface area contributed by atoms with Crippen molar-refractivity contribution in [3.05, 3.63) is 39.4 Å². The lowest BCUT2D eigenvalue weighted by Crippen LogP contribution is -2.42. The zero-order valence-corrected chi connectivity index (χ0v) is 13.7. The van der Waals surface area contributed by atoms with Crippen LogP contribution in [0.15, 0.2) is 18.2 Å². The Labute approximate surface area is 136 Å². The van der Waals surface area contributed by atoms with Crippen molar-refractivity contribution < 1.29 is 9.72 Å². The van der Waals surface area contributed by atoms with E-state index in [1.54, 1.807) is 13.0 Å². The van der Waals surface area contributed by atoms with E-state index in [4.69, 9.17) is 0 Å². The number of hydrogen-bond donors (Lipinski definition) is 1. The molecule has 1 aliphatic rings. The van der Waals surface area contributed by atoms with Crippen molar-refractivity contribution in [3.8, 4) is 0 Å². The first-order valence-electron chi connectivity index (χ1n) is 7.22. The first kappa shape index (κ1) is 18.4. The maximum absolute atomic E-state index is 12.6. The Morgan fingerprint density at radius 3 is 2.82 bits per heavy atom. The minimum absolute atomic E-state index is 0. The van der Waals surface area contributed by atoms with Gasteiger partial charge in [-0.3, -0.25) is 14.9 Å². The Hall–Kier alpha value is -1.66. The monoisotopic (exact) mass is 327 g/mol. The predicted octanol–water partition coefficient (Wildman–Crippen LogP) is 2.40. The van der Waals surface area contributed by atoms with E-state index in [-0.39, 0.29) is 24.0 Å². The van der Waals surface area contributed by atoms with Crippen LogP contribution in [-0.4, -0.2) is 42.4 Å². The van der Waals surface area contributed by atoms with Crippen LogP contribution < -0.4 is 5.32 Å². The highest BCUT2D eigenvalue weighted by Crippen LogP contribution is 2.22. The van der Waals surface area contributed by atoms with Crippen molar-refractivity contribution in [3.63, 3.8) is 0 Å². The molecule has 0 aromatic heterocycles. The van der Waals surface area contributed by atoms with E-state index in [0.717, 1.165) is 32.5 Å². The van der Waals surface area contributed by atoms with E-state index in [1.165, 1.54) is 12.1 Å². The molecule has 2 rings (SSSR count). The van der Waals surface area contributed by atoms with Gasteiger partial charge in [-0.15, -0.1) is 12.4 Å². The van der Waals surface area contributed by atoms with E-state index < -0.39 is 4.92 Å². The number of carbonyl (C=O) groups excluding carboxylic acids is 1. The summed E-state index contributed by atoms with van der Waals surface area (Å²) in [4.78, 5) is 24.8. The molecule has 1 unspecified atom stereocenters. The van der Waals surface area contributed by atoms with Crippen LogP contribution in [0.2, 0.25) is 0 Å². The summed E-state index contributed by atoms with van der Waals surface area (Å²) < 4.78 is 0. The lowest BCUT2D eigenvalue weighted by molar-refractivity contribution is -0.384. The number of hydrogen-bond acceptors (Lipinski definition) is 4. The van der Waals surface area contributed by atoms with Crippen LogP contribution in [0.25, 0.3) is 0 Å². The number of halogens is 1. The van der Waals surface area contributed by atoms with Gasteiger partial charge in [-0.25, -0.2) is 0 Å². The zero-order chi connectivity index (χ0) is 15.4. The first-order valence-corrected chi connectivity index (χ1v) is 7.22. The van der Waals surface area contributed by atoms with Gasteiger partial charge in [0, 0.05) is 30.8 Å². The SMILES string of the molecule is CNCC1CCCN(C(=O)c2ccc([N+](=O)[O-])cc2C)C1.Cl. The number of benzene rings is 1. The molecule has 6 nitrogen and oxygen atoms in total. The second kappa shape index (κ2) is 8.10. The summed E-state index contributed by atoms with van der Waals surface area (Å²) >= 11 is 0. The van der Waals surface area contributed by atoms with Gasteiger partial charge in [0.15, 0.2) is 0 Å². The number of aryl methyl sites for hydroxylation is 1. The van der Waals surface area contributed by atoms with Gasteiger partial charge in [-0.1, -0.05) is 0 Å². The fraction of sp³-hybridized carbons (Fsp3) is 0.533. The lowest BCUT2D eigenvalue weighted by atomic mass is 9.96. The third-order valence-electron chi connectivity index (χ3n) is 3.95. The summed E-state index contributed by atoms with van der Waals surface area (Å²) in [5.41, 5.74) is 1.24. The van der Waals surface area contributed by atoms with Gasteiger partial charge >= 0.3 is 0 Å². The smallest absolute Gasteiger partial charge is 0.269 e. The molecule has 1 saturated heterocycles. The van der Waals surface area contributed by atoms with Crippen molar-refractivity contribution in [1.29, 1.82) is 0 Å². The molecule has 22 heavy (non-hydrogen) atoms. The summed E-state index contributed by atoms with van der Waals surface area (Å²) in [6.45, 7) is 4.16. The predicted molar refractivity (Wildman–Crippen MR) is 87.6 cm³/mol. The number of likely N-dealkylation sites (tertiary alicyclic amines) is 1. The van der Waals surface area contributed by atoms with E-state index in [1.807, 2.05) is 11.9 Å². The van der Waals surface area contributed by atoms with Gasteiger partial charge in [-0.2, -0.15) is 0 Å². The molecule has 0 bridgehead atoms. The van der Waals surface area contributed by atoms with Crippen LogP contribution in [0, 0.1) is 23.0 Å². The van der Waals surface area contributed by atoms with Gasteiger partial charge in [-0.05, 0) is 50.9 Å². The molecule has 1 aromatic rings. The highest BCUT2D eigenvalue weighted by Gasteiger charge is 2.25. The highest BCUT2D eigenvalue weighted by molar-refractivity contribution is 5.96. The quantitative estimate of drug-likeness (QED) is 0.680. The number of nitrogens with zero attached hydrogens (tertiary/aromatic N) is 2. The Kier molecular flexibility index (Phi) is 6.77. The van der Waals surface area contributed by atoms with E-state index in [2.05, 4.69) is 5.32 Å². The molecular weight excluding hydrogens is 306 g/mol. The number of nitrogens with one attached hydrogen (secondary N) is 1. The molecular formula is C15H22ClN3O3. The van der Waals surface area contributed by atoms with Gasteiger partial charge in [0.05, 0.1) is 4.92 Å². The van der Waals surface area contributed by atoms with E-state index >= 15 is 0 Å². The number of non-ortho nitro benzene ring substituents is 1. The van der Waals surface area contributed by atoms with Crippen LogP contribution in [-0.2, 0) is 0 Å². The Bertz CT molecular complexity index is 549. The average Bonchev–Trinajstić information content (AvgIpc) is 2.47. The standard InChI is InChI=1S/C15H21N3O3.ClH/c1-11-8-13(18(20)21)5-6-14(11)15(19)17-7-3-4-12(10-17)9-16-2;/h5-6,8,12,16H,3-4,7,9-10H2,1-2H3;1H. The summed E-state index contributed by atoms with van der Waals surface area (Å²) in [5, 5.41) is 13.9. The number of carbonyl (C=O) groups is 1. The molecule has 1 heterocycles. The van der Waals surface area contributed by atoms with Crippen molar-refractivity contribution in [2.75, 3.05) is 26.7 Å². The molecule has 0 radical (unpaired) electrons. The fourth-order valence-electron chi connectivity index (χ4n) is 2.88. The number of rotatable bonds is 4. The van der Waals surface area contributed by atoms with Crippen LogP contribution in [0.4, 0.5) is 5.69 Å². The molecule has 0 spiro atoms. The molecule has 122 valence electrons. The largest absolute Gasteiger partial charge is 0.338 e. The summed E-state index contributed by atoms with van der Waals surface area (Å²) in [6, 6.07) is 4.43. The molecule has 1 amide bonds. The molecule has 1 N–H and O–H groups in total. The Morgan fingerprint density at radius 2 is 2.23 bits per heavy atom. The topological polar surface area (TPSA) is 75.5 Å². The van der Waals surface area contributed by atoms with Crippen molar-refractivity contribution >= 4 is 24.0 Å². The summed E-state index contributed by atoms with van der Waals surface area (Å²) in [6.07, 6.45) is 2.13. The number of nitro benzene ring substituents is 1. The fourth-order valence-corrected chi connectivity index (χ4v) is 2.88. The lowest BCUT2D eigenvalue weighted by Gasteiger charge is -2.33. The maximum atomic E-state index is 12.6. The van der Waals surface area contributed by atoms with Crippen LogP contribution >= 0.6 is 12.4 Å². The highest BCUT2D eigenvalue weighted by atomic mass is 35.5. The maximum Gasteiger partial charge on any atom is 0.269 e. The minimum Gasteiger partial charge on any atom is -0.338 e. The normalized spacial score (nSPS) is 17.7. The van der Waals surface area contributed by atoms with Crippen LogP contribution in [0.1, 0.15) is 28.8 Å². The van der Waals surface area contributed by atoms with Gasteiger partial charge < -0.3 is 10.2 Å². The molecule has 7 heteroatoms. The van der Waals surface area contributed by atoms with Crippen molar-refractivity contribution in [2.24, 2.45) is 5.92 Å². The second-order valence-corrected chi connectivity index (χ2v) is 5.57. The molecule has 1 fully saturated rings. The molecule has 1 atom stereocenters. The van der Waals surface area contributed by atoms with Gasteiger partial charge in [0.25, 0.3) is 11.6 Å². The number of amides is 1. The van der Waals surface area contributed by atoms with E-state index in [9.17, 15) is 14.9 Å². The van der Waals surface area contributed by atoms with Crippen molar-refractivity contribution in [1.82, 2.24) is 10.2 Å². The minimum atomic E-state index is -0.439. The molecule has 1 aliphatic heterocycles. The average molecular weight is 328 g/mol. The van der Waals surface area contributed by atoms with Crippen LogP contribution in [0.3, 0.4) is 0 Å². The second-order valence-electron chi connectivity index (χ2n) is 5.57. The molecule has 0 saturated carbocycles. The van der Waals surface area contributed by atoms with Gasteiger partial charge in [0.2, 0.25) is 0 Å². The third-order valence-corrected chi connectivity index (χ3v) is 3.95. The Morgan fingerprint density at radius 1 is 1.50 bits per heavy atom. The first-order chi connectivity index (χ1) is 10.0. The summed E-state index contributed by atoms with van der Waals surface area (Å²) in [7, 11) is 1.92. The summed E-state index contributed by atoms with van der Waals surface area (Å²) in [5.74, 6) is 0.453. The number of nitro groups is 1.